The highest BCUT2D eigenvalue weighted by atomic mass is 32.3. The van der Waals surface area contributed by atoms with E-state index >= 15 is 0 Å². The summed E-state index contributed by atoms with van der Waals surface area (Å²) in [7, 11) is -8.47. The van der Waals surface area contributed by atoms with E-state index in [1.54, 1.807) is 0 Å². The van der Waals surface area contributed by atoms with Crippen molar-refractivity contribution in [2.75, 3.05) is 5.75 Å². The van der Waals surface area contributed by atoms with Crippen molar-refractivity contribution in [1.82, 2.24) is 0 Å². The zero-order valence-electron chi connectivity index (χ0n) is 9.25. The predicted octanol–water partition coefficient (Wildman–Crippen LogP) is -0.401. The Bertz CT molecular complexity index is 530. The highest BCUT2D eigenvalue weighted by Gasteiger charge is 2.06. The first-order valence-electron chi connectivity index (χ1n) is 4.67. The highest BCUT2D eigenvalue weighted by molar-refractivity contribution is 7.85. The molecule has 10 heteroatoms. The van der Waals surface area contributed by atoms with Crippen molar-refractivity contribution in [3.8, 4) is 0 Å². The van der Waals surface area contributed by atoms with Crippen LogP contribution in [0.15, 0.2) is 30.6 Å². The summed E-state index contributed by atoms with van der Waals surface area (Å²) in [5.41, 5.74) is 0. The van der Waals surface area contributed by atoms with Gasteiger partial charge in [0.1, 0.15) is 6.54 Å². The van der Waals surface area contributed by atoms with Crippen molar-refractivity contribution in [3.63, 3.8) is 0 Å². The van der Waals surface area contributed by atoms with Crippen LogP contribution in [-0.4, -0.2) is 36.2 Å². The number of nitrogens with zero attached hydrogens (tertiary/aromatic N) is 1. The molecule has 0 aliphatic heterocycles. The lowest BCUT2D eigenvalue weighted by molar-refractivity contribution is -0.696. The molecule has 0 fully saturated rings. The van der Waals surface area contributed by atoms with Gasteiger partial charge in [-0.3, -0.25) is 13.7 Å². The Kier molecular flexibility index (Phi) is 6.94. The summed E-state index contributed by atoms with van der Waals surface area (Å²) in [5, 5.41) is 0. The van der Waals surface area contributed by atoms with Crippen molar-refractivity contribution in [1.29, 1.82) is 0 Å². The van der Waals surface area contributed by atoms with Crippen LogP contribution in [0, 0.1) is 0 Å². The van der Waals surface area contributed by atoms with Crippen LogP contribution in [0.1, 0.15) is 6.42 Å². The topological polar surface area (TPSA) is 133 Å². The standard InChI is InChI=1S/C8H11NO3S.H2O4S/c10-13(11,12)8-4-7-9-5-2-1-3-6-9;1-5(2,3)4/h1-3,5-6H,4,7-8H2;(H2,1,2,3,4)/p+1. The molecule has 0 saturated heterocycles. The van der Waals surface area contributed by atoms with Crippen molar-refractivity contribution in [2.45, 2.75) is 13.0 Å². The fourth-order valence-electron chi connectivity index (χ4n) is 1.01. The molecule has 18 heavy (non-hydrogen) atoms. The normalized spacial score (nSPS) is 11.5. The van der Waals surface area contributed by atoms with Crippen LogP contribution in [-0.2, 0) is 27.1 Å². The molecule has 0 aromatic carbocycles. The van der Waals surface area contributed by atoms with Crippen molar-refractivity contribution < 1.29 is 35.1 Å². The Morgan fingerprint density at radius 2 is 1.33 bits per heavy atom. The maximum atomic E-state index is 10.4. The van der Waals surface area contributed by atoms with Crippen molar-refractivity contribution >= 4 is 20.5 Å². The zero-order chi connectivity index (χ0) is 14.2. The van der Waals surface area contributed by atoms with Crippen LogP contribution < -0.4 is 4.57 Å². The average molecular weight is 300 g/mol. The first kappa shape index (κ1) is 16.9. The first-order valence-corrected chi connectivity index (χ1v) is 7.68. The smallest absolute Gasteiger partial charge is 0.286 e. The van der Waals surface area contributed by atoms with Gasteiger partial charge >= 0.3 is 10.4 Å². The maximum absolute atomic E-state index is 10.4. The number of hydrogen-bond donors (Lipinski definition) is 3. The van der Waals surface area contributed by atoms with E-state index in [2.05, 4.69) is 0 Å². The van der Waals surface area contributed by atoms with Gasteiger partial charge in [0.25, 0.3) is 10.1 Å². The summed E-state index contributed by atoms with van der Waals surface area (Å²) in [6.45, 7) is 0.598. The minimum absolute atomic E-state index is 0.186. The molecule has 1 aromatic heterocycles. The SMILES string of the molecule is O=S(=O)(O)CCC[n+]1ccccc1.O=S(=O)(O)O. The monoisotopic (exact) mass is 300 g/mol. The lowest BCUT2D eigenvalue weighted by atomic mass is 10.4. The first-order chi connectivity index (χ1) is 8.08. The maximum Gasteiger partial charge on any atom is 0.394 e. The third-order valence-corrected chi connectivity index (χ3v) is 2.40. The van der Waals surface area contributed by atoms with Crippen LogP contribution in [0.4, 0.5) is 0 Å². The van der Waals surface area contributed by atoms with Gasteiger partial charge < -0.3 is 0 Å². The molecule has 0 spiro atoms. The number of aromatic nitrogens is 1. The third-order valence-electron chi connectivity index (χ3n) is 1.60. The van der Waals surface area contributed by atoms with Crippen LogP contribution in [0.25, 0.3) is 0 Å². The largest absolute Gasteiger partial charge is 0.394 e. The van der Waals surface area contributed by atoms with Gasteiger partial charge in [-0.1, -0.05) is 6.07 Å². The lowest BCUT2D eigenvalue weighted by Crippen LogP contribution is -2.33. The molecule has 3 N–H and O–H groups in total. The van der Waals surface area contributed by atoms with Crippen LogP contribution in [0.3, 0.4) is 0 Å². The Hall–Kier alpha value is -1.07. The van der Waals surface area contributed by atoms with E-state index in [4.69, 9.17) is 22.1 Å². The summed E-state index contributed by atoms with van der Waals surface area (Å²) in [5.74, 6) is -0.186. The molecule has 1 heterocycles. The fourth-order valence-corrected chi connectivity index (χ4v) is 1.51. The molecular weight excluding hydrogens is 286 g/mol. The second-order valence-corrected chi connectivity index (χ2v) is 5.67. The molecule has 0 aliphatic carbocycles. The van der Waals surface area contributed by atoms with Gasteiger partial charge in [-0.05, 0) is 0 Å². The zero-order valence-corrected chi connectivity index (χ0v) is 10.9. The van der Waals surface area contributed by atoms with Crippen LogP contribution >= 0.6 is 0 Å². The second kappa shape index (κ2) is 7.38. The third kappa shape index (κ3) is 14.9. The number of hydrogen-bond acceptors (Lipinski definition) is 4. The van der Waals surface area contributed by atoms with Crippen molar-refractivity contribution in [2.24, 2.45) is 0 Å². The van der Waals surface area contributed by atoms with Gasteiger partial charge in [0.2, 0.25) is 0 Å². The van der Waals surface area contributed by atoms with E-state index in [1.165, 1.54) is 0 Å². The van der Waals surface area contributed by atoms with Gasteiger partial charge in [-0.25, -0.2) is 4.57 Å². The van der Waals surface area contributed by atoms with Crippen LogP contribution in [0.2, 0.25) is 0 Å². The average Bonchev–Trinajstić information content (AvgIpc) is 2.14. The lowest BCUT2D eigenvalue weighted by Gasteiger charge is -1.94. The van der Waals surface area contributed by atoms with Gasteiger partial charge in [-0.15, -0.1) is 0 Å². The summed E-state index contributed by atoms with van der Waals surface area (Å²) in [6.07, 6.45) is 4.13. The summed E-state index contributed by atoms with van der Waals surface area (Å²) >= 11 is 0. The molecule has 0 atom stereocenters. The van der Waals surface area contributed by atoms with Gasteiger partial charge in [0.05, 0.1) is 5.75 Å². The Balaban J connectivity index is 0.000000494. The molecular formula is C8H14NO7S2+. The number of pyridine rings is 1. The molecule has 8 nitrogen and oxygen atoms in total. The molecule has 104 valence electrons. The quantitative estimate of drug-likeness (QED) is 0.509. The molecule has 0 aliphatic rings. The fraction of sp³-hybridized carbons (Fsp3) is 0.375. The van der Waals surface area contributed by atoms with E-state index < -0.39 is 20.5 Å². The minimum atomic E-state index is -4.67. The summed E-state index contributed by atoms with van der Waals surface area (Å²) in [6, 6.07) is 5.63. The van der Waals surface area contributed by atoms with E-state index in [9.17, 15) is 8.42 Å². The van der Waals surface area contributed by atoms with E-state index in [-0.39, 0.29) is 5.75 Å². The van der Waals surface area contributed by atoms with Crippen molar-refractivity contribution in [3.05, 3.63) is 30.6 Å². The number of aryl methyl sites for hydroxylation is 1. The molecule has 0 unspecified atom stereocenters. The molecule has 0 amide bonds. The van der Waals surface area contributed by atoms with Gasteiger partial charge in [0.15, 0.2) is 12.4 Å². The van der Waals surface area contributed by atoms with E-state index in [0.29, 0.717) is 13.0 Å². The van der Waals surface area contributed by atoms with E-state index in [0.717, 1.165) is 0 Å². The second-order valence-electron chi connectivity index (χ2n) is 3.20. The summed E-state index contributed by atoms with van der Waals surface area (Å²) < 4.78 is 62.6. The molecule has 1 rings (SSSR count). The Morgan fingerprint density at radius 3 is 1.72 bits per heavy atom. The minimum Gasteiger partial charge on any atom is -0.286 e. The highest BCUT2D eigenvalue weighted by Crippen LogP contribution is 1.88. The summed E-state index contributed by atoms with van der Waals surface area (Å²) in [4.78, 5) is 0. The van der Waals surface area contributed by atoms with E-state index in [1.807, 2.05) is 35.2 Å². The molecule has 0 bridgehead atoms. The van der Waals surface area contributed by atoms with Gasteiger partial charge in [0, 0.05) is 18.6 Å². The van der Waals surface area contributed by atoms with Crippen LogP contribution in [0.5, 0.6) is 0 Å². The van der Waals surface area contributed by atoms with Gasteiger partial charge in [-0.2, -0.15) is 16.8 Å². The molecule has 0 radical (unpaired) electrons. The Morgan fingerprint density at radius 1 is 0.889 bits per heavy atom. The molecule has 1 aromatic rings. The predicted molar refractivity (Wildman–Crippen MR) is 61.8 cm³/mol. The number of rotatable bonds is 4. The Labute approximate surface area is 105 Å². The molecule has 0 saturated carbocycles.